The van der Waals surface area contributed by atoms with Crippen LogP contribution in [0.5, 0.6) is 0 Å². The van der Waals surface area contributed by atoms with Gasteiger partial charge in [0.1, 0.15) is 11.9 Å². The van der Waals surface area contributed by atoms with Crippen LogP contribution in [0.3, 0.4) is 0 Å². The molecular formula is C8H8N4O3. The number of hydrogen-bond acceptors (Lipinski definition) is 5. The molecule has 4 N–H and O–H groups in total. The third-order valence-electron chi connectivity index (χ3n) is 1.62. The number of hydrogen-bond donors (Lipinski definition) is 2. The van der Waals surface area contributed by atoms with E-state index in [0.29, 0.717) is 0 Å². The zero-order valence-electron chi connectivity index (χ0n) is 7.58. The van der Waals surface area contributed by atoms with Crippen LogP contribution in [0.25, 0.3) is 6.08 Å². The standard InChI is InChI=1S/C8H8N4O3/c9-7(13)2-1-5-3-11-4-6(8(5)10)12(14)15/h1-4H,(H2,9,13)(H2,10,11). The van der Waals surface area contributed by atoms with Crippen molar-refractivity contribution in [1.29, 1.82) is 0 Å². The number of nitrogen functional groups attached to an aromatic ring is 1. The lowest BCUT2D eigenvalue weighted by Crippen LogP contribution is -2.05. The average Bonchev–Trinajstić information content (AvgIpc) is 2.15. The summed E-state index contributed by atoms with van der Waals surface area (Å²) < 4.78 is 0. The van der Waals surface area contributed by atoms with Gasteiger partial charge in [-0.25, -0.2) is 0 Å². The average molecular weight is 208 g/mol. The van der Waals surface area contributed by atoms with Crippen molar-refractivity contribution in [2.75, 3.05) is 5.73 Å². The van der Waals surface area contributed by atoms with Gasteiger partial charge in [-0.3, -0.25) is 19.9 Å². The molecule has 1 rings (SSSR count). The second kappa shape index (κ2) is 4.18. The van der Waals surface area contributed by atoms with Gasteiger partial charge in [0.15, 0.2) is 0 Å². The van der Waals surface area contributed by atoms with Gasteiger partial charge in [0.25, 0.3) is 0 Å². The van der Waals surface area contributed by atoms with Gasteiger partial charge in [0.05, 0.1) is 4.92 Å². The molecule has 1 amide bonds. The Bertz CT molecular complexity index is 442. The number of nitrogens with zero attached hydrogens (tertiary/aromatic N) is 2. The first-order valence-electron chi connectivity index (χ1n) is 3.87. The summed E-state index contributed by atoms with van der Waals surface area (Å²) in [5.41, 5.74) is 10.3. The summed E-state index contributed by atoms with van der Waals surface area (Å²) in [6.07, 6.45) is 4.67. The minimum absolute atomic E-state index is 0.0486. The van der Waals surface area contributed by atoms with Gasteiger partial charge in [-0.2, -0.15) is 0 Å². The van der Waals surface area contributed by atoms with E-state index in [2.05, 4.69) is 4.98 Å². The number of aromatic nitrogens is 1. The first kappa shape index (κ1) is 10.6. The molecule has 0 aliphatic rings. The maximum atomic E-state index is 10.5. The second-order valence-electron chi connectivity index (χ2n) is 2.65. The van der Waals surface area contributed by atoms with Crippen LogP contribution < -0.4 is 11.5 Å². The molecule has 0 saturated carbocycles. The molecule has 0 saturated heterocycles. The number of anilines is 1. The number of rotatable bonds is 3. The minimum atomic E-state index is -0.666. The maximum Gasteiger partial charge on any atom is 0.310 e. The summed E-state index contributed by atoms with van der Waals surface area (Å²) >= 11 is 0. The first-order chi connectivity index (χ1) is 7.02. The largest absolute Gasteiger partial charge is 0.393 e. The summed E-state index contributed by atoms with van der Waals surface area (Å²) in [7, 11) is 0. The lowest BCUT2D eigenvalue weighted by Gasteiger charge is -1.99. The van der Waals surface area contributed by atoms with Crippen LogP contribution in [0, 0.1) is 10.1 Å². The Kier molecular flexibility index (Phi) is 2.97. The van der Waals surface area contributed by atoms with E-state index >= 15 is 0 Å². The Morgan fingerprint density at radius 1 is 1.53 bits per heavy atom. The number of nitrogens with two attached hydrogens (primary N) is 2. The van der Waals surface area contributed by atoms with E-state index in [0.717, 1.165) is 12.3 Å². The van der Waals surface area contributed by atoms with Crippen LogP contribution in [-0.4, -0.2) is 15.8 Å². The van der Waals surface area contributed by atoms with Crippen molar-refractivity contribution in [3.63, 3.8) is 0 Å². The predicted molar refractivity (Wildman–Crippen MR) is 53.5 cm³/mol. The van der Waals surface area contributed by atoms with Gasteiger partial charge in [-0.1, -0.05) is 0 Å². The molecule has 1 aromatic rings. The molecule has 78 valence electrons. The zero-order chi connectivity index (χ0) is 11.4. The SMILES string of the molecule is NC(=O)C=Cc1cncc([N+](=O)[O-])c1N. The van der Waals surface area contributed by atoms with Gasteiger partial charge < -0.3 is 11.5 Å². The molecule has 0 bridgehead atoms. The molecule has 0 aromatic carbocycles. The molecule has 0 aliphatic carbocycles. The van der Waals surface area contributed by atoms with E-state index in [1.165, 1.54) is 12.3 Å². The number of carbonyl (C=O) groups excluding carboxylic acids is 1. The van der Waals surface area contributed by atoms with Crippen molar-refractivity contribution >= 4 is 23.4 Å². The van der Waals surface area contributed by atoms with Gasteiger partial charge in [0.2, 0.25) is 5.91 Å². The third-order valence-corrected chi connectivity index (χ3v) is 1.62. The Hall–Kier alpha value is -2.44. The fourth-order valence-electron chi connectivity index (χ4n) is 0.925. The Morgan fingerprint density at radius 3 is 2.73 bits per heavy atom. The van der Waals surface area contributed by atoms with Crippen molar-refractivity contribution < 1.29 is 9.72 Å². The molecule has 1 heterocycles. The van der Waals surface area contributed by atoms with Crippen molar-refractivity contribution in [2.24, 2.45) is 5.73 Å². The van der Waals surface area contributed by atoms with Gasteiger partial charge >= 0.3 is 5.69 Å². The Labute approximate surface area is 84.6 Å². The molecule has 0 aliphatic heterocycles. The van der Waals surface area contributed by atoms with E-state index in [9.17, 15) is 14.9 Å². The second-order valence-corrected chi connectivity index (χ2v) is 2.65. The monoisotopic (exact) mass is 208 g/mol. The number of carbonyl (C=O) groups is 1. The summed E-state index contributed by atoms with van der Waals surface area (Å²) in [6, 6.07) is 0. The van der Waals surface area contributed by atoms with E-state index in [-0.39, 0.29) is 16.9 Å². The van der Waals surface area contributed by atoms with Crippen molar-refractivity contribution in [1.82, 2.24) is 4.98 Å². The maximum absolute atomic E-state index is 10.5. The van der Waals surface area contributed by atoms with E-state index in [1.54, 1.807) is 0 Å². The number of nitro groups is 1. The summed E-state index contributed by atoms with van der Waals surface area (Å²) in [6.45, 7) is 0. The van der Waals surface area contributed by atoms with Crippen LogP contribution in [0.4, 0.5) is 11.4 Å². The fraction of sp³-hybridized carbons (Fsp3) is 0. The highest BCUT2D eigenvalue weighted by atomic mass is 16.6. The molecule has 0 atom stereocenters. The highest BCUT2D eigenvalue weighted by molar-refractivity contribution is 5.91. The summed E-state index contributed by atoms with van der Waals surface area (Å²) in [5, 5.41) is 10.5. The Morgan fingerprint density at radius 2 is 2.20 bits per heavy atom. The fourth-order valence-corrected chi connectivity index (χ4v) is 0.925. The number of amides is 1. The molecule has 7 heteroatoms. The Balaban J connectivity index is 3.15. The molecule has 0 unspecified atom stereocenters. The van der Waals surface area contributed by atoms with Gasteiger partial charge in [0, 0.05) is 17.8 Å². The minimum Gasteiger partial charge on any atom is -0.393 e. The number of pyridine rings is 1. The van der Waals surface area contributed by atoms with Crippen molar-refractivity contribution in [3.8, 4) is 0 Å². The molecule has 1 aromatic heterocycles. The van der Waals surface area contributed by atoms with Crippen molar-refractivity contribution in [2.45, 2.75) is 0 Å². The van der Waals surface area contributed by atoms with Crippen LogP contribution >= 0.6 is 0 Å². The smallest absolute Gasteiger partial charge is 0.310 e. The predicted octanol–water partition coefficient (Wildman–Crippen LogP) is 0.0705. The molecule has 0 spiro atoms. The highest BCUT2D eigenvalue weighted by Crippen LogP contribution is 2.23. The molecular weight excluding hydrogens is 200 g/mol. The lowest BCUT2D eigenvalue weighted by atomic mass is 10.2. The van der Waals surface area contributed by atoms with Crippen LogP contribution in [0.1, 0.15) is 5.56 Å². The number of primary amides is 1. The van der Waals surface area contributed by atoms with Crippen LogP contribution in [0.2, 0.25) is 0 Å². The van der Waals surface area contributed by atoms with Gasteiger partial charge in [-0.05, 0) is 6.08 Å². The van der Waals surface area contributed by atoms with E-state index in [4.69, 9.17) is 11.5 Å². The topological polar surface area (TPSA) is 125 Å². The third kappa shape index (κ3) is 2.50. The van der Waals surface area contributed by atoms with Gasteiger partial charge in [-0.15, -0.1) is 0 Å². The molecule has 0 fully saturated rings. The summed E-state index contributed by atoms with van der Waals surface area (Å²) in [5.74, 6) is -0.666. The molecule has 7 nitrogen and oxygen atoms in total. The zero-order valence-corrected chi connectivity index (χ0v) is 7.58. The van der Waals surface area contributed by atoms with E-state index < -0.39 is 10.8 Å². The lowest BCUT2D eigenvalue weighted by molar-refractivity contribution is -0.384. The summed E-state index contributed by atoms with van der Waals surface area (Å²) in [4.78, 5) is 23.9. The van der Waals surface area contributed by atoms with Crippen LogP contribution in [-0.2, 0) is 4.79 Å². The highest BCUT2D eigenvalue weighted by Gasteiger charge is 2.13. The normalized spacial score (nSPS) is 10.4. The van der Waals surface area contributed by atoms with Crippen molar-refractivity contribution in [3.05, 3.63) is 34.1 Å². The molecule has 0 radical (unpaired) electrons. The molecule has 15 heavy (non-hydrogen) atoms. The van der Waals surface area contributed by atoms with E-state index in [1.807, 2.05) is 0 Å². The first-order valence-corrected chi connectivity index (χ1v) is 3.87. The van der Waals surface area contributed by atoms with Crippen LogP contribution in [0.15, 0.2) is 18.5 Å². The quantitative estimate of drug-likeness (QED) is 0.413.